The van der Waals surface area contributed by atoms with E-state index in [0.717, 1.165) is 5.56 Å². The van der Waals surface area contributed by atoms with Gasteiger partial charge in [-0.15, -0.1) is 0 Å². The van der Waals surface area contributed by atoms with Crippen molar-refractivity contribution in [3.05, 3.63) is 33.3 Å². The predicted octanol–water partition coefficient (Wildman–Crippen LogP) is 3.59. The quantitative estimate of drug-likeness (QED) is 0.840. The highest BCUT2D eigenvalue weighted by molar-refractivity contribution is 5.85. The lowest BCUT2D eigenvalue weighted by atomic mass is 9.79. The van der Waals surface area contributed by atoms with Gasteiger partial charge in [-0.25, -0.2) is 9.78 Å². The topological polar surface area (TPSA) is 89.6 Å². The van der Waals surface area contributed by atoms with Gasteiger partial charge in [-0.2, -0.15) is 0 Å². The predicted molar refractivity (Wildman–Crippen MR) is 99.7 cm³/mol. The van der Waals surface area contributed by atoms with E-state index in [1.807, 2.05) is 47.6 Å². The van der Waals surface area contributed by atoms with Crippen molar-refractivity contribution in [1.29, 1.82) is 0 Å². The fourth-order valence-electron chi connectivity index (χ4n) is 2.78. The normalized spacial score (nSPS) is 12.4. The maximum absolute atomic E-state index is 12.3. The third-order valence-electron chi connectivity index (χ3n) is 4.14. The molecule has 1 aromatic heterocycles. The molecule has 1 aromatic carbocycles. The zero-order valence-electron chi connectivity index (χ0n) is 16.5. The van der Waals surface area contributed by atoms with E-state index < -0.39 is 11.6 Å². The third kappa shape index (κ3) is 3.89. The molecule has 1 N–H and O–H groups in total. The van der Waals surface area contributed by atoms with Crippen LogP contribution < -0.4 is 5.63 Å². The highest BCUT2D eigenvalue weighted by Crippen LogP contribution is 2.40. The summed E-state index contributed by atoms with van der Waals surface area (Å²) in [6, 6.07) is 1.90. The number of phenolic OH excluding ortho intramolecular Hbond substituents is 1. The number of carbonyl (C=O) groups is 1. The Morgan fingerprint density at radius 3 is 2.23 bits per heavy atom. The minimum atomic E-state index is -0.744. The molecule has 1 heterocycles. The number of ether oxygens (including phenoxy) is 1. The van der Waals surface area contributed by atoms with Gasteiger partial charge < -0.3 is 14.3 Å². The molecular formula is C20H27NO5. The van der Waals surface area contributed by atoms with E-state index in [-0.39, 0.29) is 40.9 Å². The first kappa shape index (κ1) is 19.9. The Hall–Kier alpha value is -2.37. The van der Waals surface area contributed by atoms with Gasteiger partial charge in [-0.05, 0) is 29.4 Å². The number of nitrogens with zero attached hydrogens (tertiary/aromatic N) is 1. The molecule has 0 bridgehead atoms. The lowest BCUT2D eigenvalue weighted by molar-refractivity contribution is -0.142. The van der Waals surface area contributed by atoms with E-state index in [4.69, 9.17) is 9.15 Å². The molecule has 0 saturated carbocycles. The van der Waals surface area contributed by atoms with Gasteiger partial charge in [0, 0.05) is 5.56 Å². The largest absolute Gasteiger partial charge is 0.504 e. The van der Waals surface area contributed by atoms with Crippen molar-refractivity contribution in [2.75, 3.05) is 6.61 Å². The Morgan fingerprint density at radius 2 is 1.73 bits per heavy atom. The average Bonchev–Trinajstić information content (AvgIpc) is 2.47. The van der Waals surface area contributed by atoms with E-state index in [1.54, 1.807) is 6.92 Å². The van der Waals surface area contributed by atoms with Crippen LogP contribution in [-0.2, 0) is 26.8 Å². The molecule has 0 saturated heterocycles. The lowest BCUT2D eigenvalue weighted by Crippen LogP contribution is -2.21. The number of hydrogen-bond donors (Lipinski definition) is 1. The summed E-state index contributed by atoms with van der Waals surface area (Å²) in [6.45, 7) is 13.9. The third-order valence-corrected chi connectivity index (χ3v) is 4.14. The summed E-state index contributed by atoms with van der Waals surface area (Å²) in [5, 5.41) is 10.7. The van der Waals surface area contributed by atoms with Gasteiger partial charge in [-0.1, -0.05) is 41.5 Å². The Labute approximate surface area is 153 Å². The fraction of sp³-hybridized carbons (Fsp3) is 0.550. The number of fused-ring (bicyclic) bond motifs is 1. The summed E-state index contributed by atoms with van der Waals surface area (Å²) < 4.78 is 10.3. The first-order valence-electron chi connectivity index (χ1n) is 8.72. The molecule has 0 atom stereocenters. The molecule has 0 radical (unpaired) electrons. The molecule has 6 heteroatoms. The summed E-state index contributed by atoms with van der Waals surface area (Å²) in [4.78, 5) is 28.4. The van der Waals surface area contributed by atoms with Crippen molar-refractivity contribution in [3.63, 3.8) is 0 Å². The molecular weight excluding hydrogens is 334 g/mol. The Bertz CT molecular complexity index is 898. The van der Waals surface area contributed by atoms with Gasteiger partial charge >= 0.3 is 11.6 Å². The summed E-state index contributed by atoms with van der Waals surface area (Å²) in [6.07, 6.45) is -0.266. The zero-order valence-corrected chi connectivity index (χ0v) is 16.5. The molecule has 0 fully saturated rings. The van der Waals surface area contributed by atoms with Crippen molar-refractivity contribution >= 4 is 17.1 Å². The number of phenols is 1. The smallest absolute Gasteiger partial charge is 0.358 e. The molecule has 0 aliphatic carbocycles. The van der Waals surface area contributed by atoms with Crippen LogP contribution >= 0.6 is 0 Å². The summed E-state index contributed by atoms with van der Waals surface area (Å²) in [5.41, 5.74) is 0.542. The van der Waals surface area contributed by atoms with Crippen molar-refractivity contribution in [1.82, 2.24) is 4.98 Å². The van der Waals surface area contributed by atoms with Crippen molar-refractivity contribution < 1.29 is 19.1 Å². The molecule has 6 nitrogen and oxygen atoms in total. The Kier molecular flexibility index (Phi) is 5.17. The molecule has 26 heavy (non-hydrogen) atoms. The summed E-state index contributed by atoms with van der Waals surface area (Å²) in [5.74, 6) is -0.632. The number of aromatic nitrogens is 1. The maximum atomic E-state index is 12.3. The minimum absolute atomic E-state index is 0.0237. The van der Waals surface area contributed by atoms with Gasteiger partial charge in [0.15, 0.2) is 11.3 Å². The number of carbonyl (C=O) groups excluding carboxylic acids is 1. The molecule has 0 unspecified atom stereocenters. The number of aromatic hydroxyl groups is 1. The molecule has 0 spiro atoms. The van der Waals surface area contributed by atoms with Gasteiger partial charge in [0.05, 0.1) is 13.0 Å². The second kappa shape index (κ2) is 6.74. The second-order valence-corrected chi connectivity index (χ2v) is 8.43. The fourth-order valence-corrected chi connectivity index (χ4v) is 2.78. The Balaban J connectivity index is 2.82. The van der Waals surface area contributed by atoms with E-state index >= 15 is 0 Å². The molecule has 2 rings (SSSR count). The molecule has 142 valence electrons. The van der Waals surface area contributed by atoms with Gasteiger partial charge in [0.1, 0.15) is 11.2 Å². The lowest BCUT2D eigenvalue weighted by Gasteiger charge is -2.26. The molecule has 2 aromatic rings. The monoisotopic (exact) mass is 361 g/mol. The van der Waals surface area contributed by atoms with Crippen LogP contribution in [-0.4, -0.2) is 22.7 Å². The van der Waals surface area contributed by atoms with Crippen molar-refractivity contribution in [2.24, 2.45) is 0 Å². The standard InChI is InChI=1S/C20H27NO5/c1-8-25-14(22)10-13-18(24)26-17-15(21-13)11(19(2,3)4)9-12(16(17)23)20(5,6)7/h9,23H,8,10H2,1-7H3. The SMILES string of the molecule is CCOC(=O)Cc1nc2c(C(C)(C)C)cc(C(C)(C)C)c(O)c2oc1=O. The van der Waals surface area contributed by atoms with Crippen molar-refractivity contribution in [2.45, 2.75) is 65.7 Å². The number of esters is 1. The Morgan fingerprint density at radius 1 is 1.15 bits per heavy atom. The van der Waals surface area contributed by atoms with E-state index in [0.29, 0.717) is 11.1 Å². The van der Waals surface area contributed by atoms with Crippen LogP contribution in [0.4, 0.5) is 0 Å². The van der Waals surface area contributed by atoms with Crippen LogP contribution in [0.25, 0.3) is 11.1 Å². The van der Waals surface area contributed by atoms with Gasteiger partial charge in [-0.3, -0.25) is 4.79 Å². The molecule has 0 amide bonds. The van der Waals surface area contributed by atoms with Crippen LogP contribution in [0, 0.1) is 0 Å². The highest BCUT2D eigenvalue weighted by atomic mass is 16.5. The average molecular weight is 361 g/mol. The van der Waals surface area contributed by atoms with Crippen LogP contribution in [0.1, 0.15) is 65.3 Å². The van der Waals surface area contributed by atoms with E-state index in [9.17, 15) is 14.7 Å². The van der Waals surface area contributed by atoms with Crippen LogP contribution in [0.5, 0.6) is 5.75 Å². The molecule has 0 aliphatic rings. The first-order chi connectivity index (χ1) is 11.9. The highest BCUT2D eigenvalue weighted by Gasteiger charge is 2.29. The summed E-state index contributed by atoms with van der Waals surface area (Å²) >= 11 is 0. The first-order valence-corrected chi connectivity index (χ1v) is 8.72. The van der Waals surface area contributed by atoms with Crippen LogP contribution in [0.3, 0.4) is 0 Å². The van der Waals surface area contributed by atoms with Gasteiger partial charge in [0.25, 0.3) is 0 Å². The van der Waals surface area contributed by atoms with Crippen LogP contribution in [0.15, 0.2) is 15.3 Å². The number of hydrogen-bond acceptors (Lipinski definition) is 6. The minimum Gasteiger partial charge on any atom is -0.504 e. The second-order valence-electron chi connectivity index (χ2n) is 8.43. The summed E-state index contributed by atoms with van der Waals surface area (Å²) in [7, 11) is 0. The van der Waals surface area contributed by atoms with Crippen molar-refractivity contribution in [3.8, 4) is 5.75 Å². The number of rotatable bonds is 3. The molecule has 0 aliphatic heterocycles. The van der Waals surface area contributed by atoms with E-state index in [1.165, 1.54) is 0 Å². The van der Waals surface area contributed by atoms with Crippen LogP contribution in [0.2, 0.25) is 0 Å². The number of benzene rings is 1. The zero-order chi connectivity index (χ0) is 19.9. The van der Waals surface area contributed by atoms with E-state index in [2.05, 4.69) is 4.98 Å². The maximum Gasteiger partial charge on any atom is 0.358 e. The van der Waals surface area contributed by atoms with Gasteiger partial charge in [0.2, 0.25) is 0 Å².